The lowest BCUT2D eigenvalue weighted by Gasteiger charge is -1.93. The summed E-state index contributed by atoms with van der Waals surface area (Å²) in [4.78, 5) is 0. The molecule has 0 fully saturated rings. The van der Waals surface area contributed by atoms with E-state index in [4.69, 9.17) is 5.84 Å². The summed E-state index contributed by atoms with van der Waals surface area (Å²) in [6.07, 6.45) is 4.47. The van der Waals surface area contributed by atoms with Gasteiger partial charge in [0.2, 0.25) is 0 Å². The van der Waals surface area contributed by atoms with Gasteiger partial charge in [-0.05, 0) is 12.0 Å². The fourth-order valence-corrected chi connectivity index (χ4v) is 0.412. The molecule has 0 aromatic rings. The van der Waals surface area contributed by atoms with E-state index in [1.807, 2.05) is 6.92 Å². The molecule has 0 spiro atoms. The first kappa shape index (κ1) is 7.24. The number of rotatable bonds is 3. The minimum Gasteiger partial charge on any atom is -0.331 e. The van der Waals surface area contributed by atoms with E-state index in [0.29, 0.717) is 0 Å². The highest BCUT2D eigenvalue weighted by atomic mass is 15.2. The molecule has 0 atom stereocenters. The Hall–Kier alpha value is -0.760. The molecule has 3 N–H and O–H groups in total. The molecule has 0 aliphatic carbocycles. The Morgan fingerprint density at radius 3 is 2.62 bits per heavy atom. The van der Waals surface area contributed by atoms with Crippen molar-refractivity contribution in [3.63, 3.8) is 0 Å². The second kappa shape index (κ2) is 4.40. The third-order valence-electron chi connectivity index (χ3n) is 0.939. The summed E-state index contributed by atoms with van der Waals surface area (Å²) < 4.78 is 0. The zero-order chi connectivity index (χ0) is 6.41. The lowest BCUT2D eigenvalue weighted by molar-refractivity contribution is 0.941. The number of hydrazine groups is 1. The van der Waals surface area contributed by atoms with Crippen LogP contribution in [-0.4, -0.2) is 0 Å². The first-order valence-corrected chi connectivity index (χ1v) is 2.62. The summed E-state index contributed by atoms with van der Waals surface area (Å²) in [6.45, 7) is 5.63. The molecule has 0 saturated carbocycles. The van der Waals surface area contributed by atoms with Gasteiger partial charge in [-0.15, -0.1) is 0 Å². The molecule has 0 heterocycles. The van der Waals surface area contributed by atoms with E-state index in [2.05, 4.69) is 12.0 Å². The quantitative estimate of drug-likeness (QED) is 0.324. The molecule has 8 heavy (non-hydrogen) atoms. The van der Waals surface area contributed by atoms with Gasteiger partial charge in [-0.2, -0.15) is 0 Å². The summed E-state index contributed by atoms with van der Waals surface area (Å²) in [7, 11) is 0. The minimum atomic E-state index is 0.966. The van der Waals surface area contributed by atoms with Crippen molar-refractivity contribution in [2.24, 2.45) is 5.84 Å². The van der Waals surface area contributed by atoms with Gasteiger partial charge in [0.25, 0.3) is 0 Å². The fraction of sp³-hybridized carbons (Fsp3) is 0.333. The van der Waals surface area contributed by atoms with Gasteiger partial charge >= 0.3 is 0 Å². The van der Waals surface area contributed by atoms with Crippen LogP contribution in [0.25, 0.3) is 0 Å². The molecule has 2 nitrogen and oxygen atoms in total. The van der Waals surface area contributed by atoms with E-state index >= 15 is 0 Å². The first-order chi connectivity index (χ1) is 3.85. The third kappa shape index (κ3) is 2.42. The van der Waals surface area contributed by atoms with Crippen molar-refractivity contribution in [2.45, 2.75) is 13.3 Å². The maximum absolute atomic E-state index is 5.01. The Kier molecular flexibility index (Phi) is 3.98. The number of nitrogens with one attached hydrogen (secondary N) is 1. The predicted octanol–water partition coefficient (Wildman–Crippen LogP) is 0.930. The highest BCUT2D eigenvalue weighted by Gasteiger charge is 1.80. The zero-order valence-corrected chi connectivity index (χ0v) is 5.15. The molecule has 0 radical (unpaired) electrons. The smallest absolute Gasteiger partial charge is 0.0154 e. The van der Waals surface area contributed by atoms with Crippen molar-refractivity contribution < 1.29 is 0 Å². The Morgan fingerprint density at radius 1 is 1.88 bits per heavy atom. The molecule has 0 saturated heterocycles. The number of hydrogen-bond donors (Lipinski definition) is 2. The van der Waals surface area contributed by atoms with E-state index in [0.717, 1.165) is 12.0 Å². The topological polar surface area (TPSA) is 38.0 Å². The lowest BCUT2D eigenvalue weighted by atomic mass is 10.2. The normalized spacial score (nSPS) is 11.0. The maximum Gasteiger partial charge on any atom is 0.0154 e. The lowest BCUT2D eigenvalue weighted by Crippen LogP contribution is -2.13. The molecule has 0 aliphatic rings. The van der Waals surface area contributed by atoms with Crippen LogP contribution in [0, 0.1) is 0 Å². The molecule has 0 rings (SSSR count). The minimum absolute atomic E-state index is 0.966. The second-order valence-electron chi connectivity index (χ2n) is 1.44. The van der Waals surface area contributed by atoms with Crippen LogP contribution in [0.4, 0.5) is 0 Å². The zero-order valence-electron chi connectivity index (χ0n) is 5.15. The van der Waals surface area contributed by atoms with Crippen molar-refractivity contribution in [1.29, 1.82) is 0 Å². The summed E-state index contributed by atoms with van der Waals surface area (Å²) >= 11 is 0. The monoisotopic (exact) mass is 112 g/mol. The van der Waals surface area contributed by atoms with E-state index < -0.39 is 0 Å². The average Bonchev–Trinajstić information content (AvgIpc) is 1.83. The fourth-order valence-electron chi connectivity index (χ4n) is 0.412. The second-order valence-corrected chi connectivity index (χ2v) is 1.44. The van der Waals surface area contributed by atoms with Gasteiger partial charge in [0, 0.05) is 6.20 Å². The number of hydrogen-bond acceptors (Lipinski definition) is 2. The first-order valence-electron chi connectivity index (χ1n) is 2.62. The molecule has 0 aromatic carbocycles. The number of allylic oxidation sites excluding steroid dienone is 2. The standard InChI is InChI=1S/C6H12N2/c1-3-6(4-2)5-8-7/h3,5,8H,1,4,7H2,2H3/b6-5+. The average molecular weight is 112 g/mol. The largest absolute Gasteiger partial charge is 0.331 e. The summed E-state index contributed by atoms with van der Waals surface area (Å²) in [5, 5.41) is 0. The molecule has 0 aliphatic heterocycles. The summed E-state index contributed by atoms with van der Waals surface area (Å²) in [5.41, 5.74) is 3.55. The number of nitrogens with two attached hydrogens (primary N) is 1. The molecular weight excluding hydrogens is 100 g/mol. The van der Waals surface area contributed by atoms with Crippen LogP contribution in [-0.2, 0) is 0 Å². The molecule has 46 valence electrons. The van der Waals surface area contributed by atoms with Gasteiger partial charge in [0.15, 0.2) is 0 Å². The Balaban J connectivity index is 3.66. The van der Waals surface area contributed by atoms with Crippen LogP contribution in [0.5, 0.6) is 0 Å². The van der Waals surface area contributed by atoms with Crippen LogP contribution in [0.3, 0.4) is 0 Å². The third-order valence-corrected chi connectivity index (χ3v) is 0.939. The van der Waals surface area contributed by atoms with E-state index in [9.17, 15) is 0 Å². The van der Waals surface area contributed by atoms with Crippen molar-refractivity contribution in [2.75, 3.05) is 0 Å². The van der Waals surface area contributed by atoms with Gasteiger partial charge in [0.05, 0.1) is 0 Å². The molecule has 0 amide bonds. The van der Waals surface area contributed by atoms with Gasteiger partial charge in [-0.25, -0.2) is 0 Å². The van der Waals surface area contributed by atoms with Crippen molar-refractivity contribution in [1.82, 2.24) is 5.43 Å². The van der Waals surface area contributed by atoms with Crippen LogP contribution in [0.15, 0.2) is 24.4 Å². The van der Waals surface area contributed by atoms with Crippen LogP contribution < -0.4 is 11.3 Å². The van der Waals surface area contributed by atoms with Crippen molar-refractivity contribution >= 4 is 0 Å². The predicted molar refractivity (Wildman–Crippen MR) is 35.9 cm³/mol. The molecule has 0 aromatic heterocycles. The van der Waals surface area contributed by atoms with E-state index in [1.165, 1.54) is 0 Å². The SMILES string of the molecule is C=C/C(=C\NN)CC. The van der Waals surface area contributed by atoms with E-state index in [-0.39, 0.29) is 0 Å². The highest BCUT2D eigenvalue weighted by molar-refractivity contribution is 5.13. The maximum atomic E-state index is 5.01. The molecule has 0 unspecified atom stereocenters. The summed E-state index contributed by atoms with van der Waals surface area (Å²) in [5.74, 6) is 5.01. The van der Waals surface area contributed by atoms with Crippen molar-refractivity contribution in [3.05, 3.63) is 24.4 Å². The van der Waals surface area contributed by atoms with Crippen molar-refractivity contribution in [3.8, 4) is 0 Å². The van der Waals surface area contributed by atoms with Gasteiger partial charge in [-0.1, -0.05) is 19.6 Å². The Morgan fingerprint density at radius 2 is 2.50 bits per heavy atom. The van der Waals surface area contributed by atoms with E-state index in [1.54, 1.807) is 12.3 Å². The van der Waals surface area contributed by atoms with Gasteiger partial charge < -0.3 is 5.43 Å². The molecule has 0 bridgehead atoms. The Bertz CT molecular complexity index is 94.7. The Labute approximate surface area is 50.0 Å². The van der Waals surface area contributed by atoms with Crippen LogP contribution in [0.2, 0.25) is 0 Å². The van der Waals surface area contributed by atoms with Gasteiger partial charge in [0.1, 0.15) is 0 Å². The van der Waals surface area contributed by atoms with Gasteiger partial charge in [-0.3, -0.25) is 5.84 Å². The highest BCUT2D eigenvalue weighted by Crippen LogP contribution is 1.96. The van der Waals surface area contributed by atoms with Crippen LogP contribution >= 0.6 is 0 Å². The molecular formula is C6H12N2. The van der Waals surface area contributed by atoms with Crippen LogP contribution in [0.1, 0.15) is 13.3 Å². The summed E-state index contributed by atoms with van der Waals surface area (Å²) in [6, 6.07) is 0. The molecule has 2 heteroatoms.